The van der Waals surface area contributed by atoms with Gasteiger partial charge in [-0.15, -0.1) is 11.8 Å². The van der Waals surface area contributed by atoms with Crippen molar-refractivity contribution in [3.8, 4) is 16.9 Å². The van der Waals surface area contributed by atoms with Gasteiger partial charge in [-0.3, -0.25) is 24.7 Å². The SMILES string of the molecule is CC(C)(CSc1ccccc1)Nc1ccc(S(=O)(=O)NC(=O)c2ccc(N3CCN(Cc4ccccc4-c4ccc(OCCN5CCOCC5)cc4)CC3)cc2)cc1[N+](=O)[O-]. The second-order valence-electron chi connectivity index (χ2n) is 15.8. The molecule has 61 heavy (non-hydrogen) atoms. The Labute approximate surface area is 362 Å². The van der Waals surface area contributed by atoms with E-state index in [1.807, 2.05) is 68.4 Å². The van der Waals surface area contributed by atoms with Crippen LogP contribution in [0.2, 0.25) is 0 Å². The van der Waals surface area contributed by atoms with Crippen LogP contribution in [0.3, 0.4) is 0 Å². The van der Waals surface area contributed by atoms with Gasteiger partial charge in [-0.1, -0.05) is 54.6 Å². The van der Waals surface area contributed by atoms with Crippen LogP contribution in [-0.2, 0) is 21.3 Å². The fraction of sp³-hybridized carbons (Fsp3) is 0.326. The Balaban J connectivity index is 0.904. The van der Waals surface area contributed by atoms with Crippen LogP contribution < -0.4 is 19.7 Å². The molecule has 2 heterocycles. The zero-order valence-electron chi connectivity index (χ0n) is 34.5. The number of benzene rings is 5. The number of ether oxygens (including phenoxy) is 2. The minimum atomic E-state index is -4.43. The molecular formula is C46H52N6O7S2. The Hall–Kier alpha value is -5.45. The van der Waals surface area contributed by atoms with Crippen LogP contribution in [0.4, 0.5) is 17.1 Å². The molecule has 0 aromatic heterocycles. The average Bonchev–Trinajstić information content (AvgIpc) is 3.27. The number of thioether (sulfide) groups is 1. The summed E-state index contributed by atoms with van der Waals surface area (Å²) in [5, 5.41) is 15.3. The maximum absolute atomic E-state index is 13.3. The maximum atomic E-state index is 13.3. The highest BCUT2D eigenvalue weighted by atomic mass is 32.2. The first-order chi connectivity index (χ1) is 29.4. The zero-order chi connectivity index (χ0) is 42.8. The van der Waals surface area contributed by atoms with Crippen LogP contribution >= 0.6 is 11.8 Å². The molecular weight excluding hydrogens is 813 g/mol. The highest BCUT2D eigenvalue weighted by molar-refractivity contribution is 7.99. The highest BCUT2D eigenvalue weighted by Gasteiger charge is 2.27. The van der Waals surface area contributed by atoms with Crippen molar-refractivity contribution in [3.05, 3.63) is 143 Å². The molecule has 5 aromatic rings. The summed E-state index contributed by atoms with van der Waals surface area (Å²) in [5.74, 6) is 0.629. The van der Waals surface area contributed by atoms with Gasteiger partial charge >= 0.3 is 0 Å². The Kier molecular flexibility index (Phi) is 14.3. The van der Waals surface area contributed by atoms with Gasteiger partial charge in [-0.05, 0) is 91.2 Å². The van der Waals surface area contributed by atoms with Crippen molar-refractivity contribution in [3.63, 3.8) is 0 Å². The van der Waals surface area contributed by atoms with Gasteiger partial charge < -0.3 is 19.7 Å². The van der Waals surface area contributed by atoms with Gasteiger partial charge in [0, 0.05) is 85.9 Å². The molecule has 13 nitrogen and oxygen atoms in total. The lowest BCUT2D eigenvalue weighted by molar-refractivity contribution is -0.384. The number of rotatable bonds is 17. The number of morpholine rings is 1. The molecule has 0 atom stereocenters. The van der Waals surface area contributed by atoms with Gasteiger partial charge in [-0.2, -0.15) is 0 Å². The number of nitrogens with one attached hydrogen (secondary N) is 2. The molecule has 15 heteroatoms. The van der Waals surface area contributed by atoms with Crippen LogP contribution in [-0.4, -0.2) is 106 Å². The van der Waals surface area contributed by atoms with Crippen molar-refractivity contribution >= 4 is 44.8 Å². The van der Waals surface area contributed by atoms with Crippen LogP contribution in [0.25, 0.3) is 11.1 Å². The van der Waals surface area contributed by atoms with Crippen molar-refractivity contribution in [1.29, 1.82) is 0 Å². The number of hydrogen-bond donors (Lipinski definition) is 2. The number of carbonyl (C=O) groups excluding carboxylic acids is 1. The van der Waals surface area contributed by atoms with E-state index in [2.05, 4.69) is 61.1 Å². The van der Waals surface area contributed by atoms with E-state index >= 15 is 0 Å². The first-order valence-electron chi connectivity index (χ1n) is 20.4. The predicted octanol–water partition coefficient (Wildman–Crippen LogP) is 7.40. The number of anilines is 2. The largest absolute Gasteiger partial charge is 0.492 e. The summed E-state index contributed by atoms with van der Waals surface area (Å²) in [7, 11) is -4.43. The molecule has 2 saturated heterocycles. The van der Waals surface area contributed by atoms with E-state index < -0.39 is 32.1 Å². The molecule has 0 saturated carbocycles. The van der Waals surface area contributed by atoms with Crippen molar-refractivity contribution in [2.24, 2.45) is 0 Å². The number of nitro benzene ring substituents is 1. The normalized spacial score (nSPS) is 15.3. The summed E-state index contributed by atoms with van der Waals surface area (Å²) in [6, 6.07) is 37.0. The molecule has 0 spiro atoms. The Morgan fingerprint density at radius 1 is 0.836 bits per heavy atom. The topological polar surface area (TPSA) is 147 Å². The number of piperazine rings is 1. The predicted molar refractivity (Wildman–Crippen MR) is 241 cm³/mol. The minimum Gasteiger partial charge on any atom is -0.492 e. The van der Waals surface area contributed by atoms with Gasteiger partial charge in [0.05, 0.1) is 23.0 Å². The fourth-order valence-corrected chi connectivity index (χ4v) is 9.32. The Morgan fingerprint density at radius 3 is 2.23 bits per heavy atom. The standard InChI is InChI=1S/C46H52N6O7S2/c1-46(2,34-60-40-9-4-3-5-10-40)47-43-21-20-41(32-44(43)52(54)55)61(56,57)48-45(53)36-12-16-38(17-13-36)51-24-22-50(23-25-51)33-37-8-6-7-11-42(37)35-14-18-39(19-15-35)59-31-28-49-26-29-58-30-27-49/h3-21,32,47H,22-31,33-34H2,1-2H3,(H,48,53). The lowest BCUT2D eigenvalue weighted by atomic mass is 9.99. The number of nitrogens with zero attached hydrogens (tertiary/aromatic N) is 4. The summed E-state index contributed by atoms with van der Waals surface area (Å²) in [6.45, 7) is 12.9. The smallest absolute Gasteiger partial charge is 0.293 e. The summed E-state index contributed by atoms with van der Waals surface area (Å²) in [6.07, 6.45) is 0. The molecule has 320 valence electrons. The number of amides is 1. The average molecular weight is 865 g/mol. The first-order valence-corrected chi connectivity index (χ1v) is 22.9. The van der Waals surface area contributed by atoms with E-state index in [-0.39, 0.29) is 16.1 Å². The third kappa shape index (κ3) is 11.9. The molecule has 2 N–H and O–H groups in total. The Morgan fingerprint density at radius 2 is 1.52 bits per heavy atom. The van der Waals surface area contributed by atoms with E-state index in [4.69, 9.17) is 9.47 Å². The van der Waals surface area contributed by atoms with E-state index in [1.54, 1.807) is 23.9 Å². The van der Waals surface area contributed by atoms with Crippen LogP contribution in [0.15, 0.2) is 131 Å². The summed E-state index contributed by atoms with van der Waals surface area (Å²) in [4.78, 5) is 32.3. The van der Waals surface area contributed by atoms with E-state index in [9.17, 15) is 23.3 Å². The van der Waals surface area contributed by atoms with Gasteiger partial charge in [0.25, 0.3) is 21.6 Å². The Bertz CT molecular complexity index is 2370. The number of sulfonamides is 1. The van der Waals surface area contributed by atoms with E-state index in [1.165, 1.54) is 23.3 Å². The molecule has 2 fully saturated rings. The lowest BCUT2D eigenvalue weighted by Gasteiger charge is -2.36. The van der Waals surface area contributed by atoms with Crippen LogP contribution in [0, 0.1) is 10.1 Å². The first kappa shape index (κ1) is 43.6. The monoisotopic (exact) mass is 864 g/mol. The number of nitro groups is 1. The van der Waals surface area contributed by atoms with E-state index in [0.29, 0.717) is 12.4 Å². The fourth-order valence-electron chi connectivity index (χ4n) is 7.37. The van der Waals surface area contributed by atoms with Crippen LogP contribution in [0.5, 0.6) is 5.75 Å². The molecule has 0 bridgehead atoms. The second kappa shape index (κ2) is 19.9. The highest BCUT2D eigenvalue weighted by Crippen LogP contribution is 2.33. The van der Waals surface area contributed by atoms with Gasteiger partial charge in [0.2, 0.25) is 0 Å². The minimum absolute atomic E-state index is 0.153. The second-order valence-corrected chi connectivity index (χ2v) is 18.5. The molecule has 0 aliphatic carbocycles. The number of carbonyl (C=O) groups is 1. The molecule has 5 aromatic carbocycles. The van der Waals surface area contributed by atoms with Crippen molar-refractivity contribution < 1.29 is 27.6 Å². The van der Waals surface area contributed by atoms with Gasteiger partial charge in [-0.25, -0.2) is 13.1 Å². The molecule has 1 amide bonds. The van der Waals surface area contributed by atoms with Crippen molar-refractivity contribution in [1.82, 2.24) is 14.5 Å². The quantitative estimate of drug-likeness (QED) is 0.0546. The van der Waals surface area contributed by atoms with Crippen molar-refractivity contribution in [2.75, 3.05) is 81.6 Å². The molecule has 7 rings (SSSR count). The lowest BCUT2D eigenvalue weighted by Crippen LogP contribution is -2.46. The van der Waals surface area contributed by atoms with Gasteiger partial charge in [0.1, 0.15) is 18.0 Å². The summed E-state index contributed by atoms with van der Waals surface area (Å²) >= 11 is 1.60. The van der Waals surface area contributed by atoms with Crippen LogP contribution in [0.1, 0.15) is 29.8 Å². The van der Waals surface area contributed by atoms with Gasteiger partial charge in [0.15, 0.2) is 0 Å². The zero-order valence-corrected chi connectivity index (χ0v) is 36.1. The molecule has 0 radical (unpaired) electrons. The third-order valence-corrected chi connectivity index (χ3v) is 13.5. The molecule has 2 aliphatic heterocycles. The van der Waals surface area contributed by atoms with E-state index in [0.717, 1.165) is 93.5 Å². The molecule has 0 unspecified atom stereocenters. The summed E-state index contributed by atoms with van der Waals surface area (Å²) in [5.41, 5.74) is 3.87. The summed E-state index contributed by atoms with van der Waals surface area (Å²) < 4.78 is 40.2. The molecule has 2 aliphatic rings. The maximum Gasteiger partial charge on any atom is 0.293 e. The third-order valence-electron chi connectivity index (χ3n) is 10.7. The number of hydrogen-bond acceptors (Lipinski definition) is 12. The van der Waals surface area contributed by atoms with Crippen molar-refractivity contribution in [2.45, 2.75) is 35.7 Å².